The Hall–Kier alpha value is -2.87. The summed E-state index contributed by atoms with van der Waals surface area (Å²) in [7, 11) is 0. The van der Waals surface area contributed by atoms with Gasteiger partial charge in [0.2, 0.25) is 0 Å². The van der Waals surface area contributed by atoms with Gasteiger partial charge in [0.15, 0.2) is 6.61 Å². The van der Waals surface area contributed by atoms with Crippen LogP contribution in [-0.4, -0.2) is 36.2 Å². The fourth-order valence-electron chi connectivity index (χ4n) is 2.35. The first-order valence-corrected chi connectivity index (χ1v) is 9.74. The first-order chi connectivity index (χ1) is 13.5. The SMILES string of the molecule is O=C(COC(=O)CSc1ccccc1F)Nc1ccccc1C(=O)NC1CC1. The van der Waals surface area contributed by atoms with Crippen molar-refractivity contribution >= 4 is 35.2 Å². The largest absolute Gasteiger partial charge is 0.455 e. The fourth-order valence-corrected chi connectivity index (χ4v) is 3.09. The van der Waals surface area contributed by atoms with Crippen LogP contribution in [0, 0.1) is 5.82 Å². The second-order valence-corrected chi connectivity index (χ2v) is 7.24. The van der Waals surface area contributed by atoms with Crippen molar-refractivity contribution in [3.63, 3.8) is 0 Å². The molecular formula is C20H19FN2O4S. The average Bonchev–Trinajstić information content (AvgIpc) is 3.50. The van der Waals surface area contributed by atoms with Gasteiger partial charge in [-0.1, -0.05) is 24.3 Å². The molecule has 0 heterocycles. The van der Waals surface area contributed by atoms with Crippen molar-refractivity contribution in [1.82, 2.24) is 5.32 Å². The molecule has 0 radical (unpaired) electrons. The molecule has 2 N–H and O–H groups in total. The number of amides is 2. The minimum atomic E-state index is -0.636. The van der Waals surface area contributed by atoms with E-state index in [4.69, 9.17) is 4.74 Å². The molecule has 1 saturated carbocycles. The maximum atomic E-state index is 13.5. The van der Waals surface area contributed by atoms with Crippen LogP contribution >= 0.6 is 11.8 Å². The Bertz CT molecular complexity index is 886. The highest BCUT2D eigenvalue weighted by Crippen LogP contribution is 2.22. The zero-order valence-corrected chi connectivity index (χ0v) is 15.8. The second kappa shape index (κ2) is 9.36. The van der Waals surface area contributed by atoms with Crippen molar-refractivity contribution in [2.75, 3.05) is 17.7 Å². The summed E-state index contributed by atoms with van der Waals surface area (Å²) in [6, 6.07) is 12.9. The van der Waals surface area contributed by atoms with E-state index in [1.54, 1.807) is 42.5 Å². The first-order valence-electron chi connectivity index (χ1n) is 8.75. The molecule has 0 bridgehead atoms. The minimum Gasteiger partial charge on any atom is -0.455 e. The van der Waals surface area contributed by atoms with Crippen LogP contribution in [0.1, 0.15) is 23.2 Å². The molecular weight excluding hydrogens is 383 g/mol. The topological polar surface area (TPSA) is 84.5 Å². The predicted molar refractivity (Wildman–Crippen MR) is 104 cm³/mol. The highest BCUT2D eigenvalue weighted by molar-refractivity contribution is 8.00. The number of anilines is 1. The molecule has 0 aliphatic heterocycles. The third-order valence-electron chi connectivity index (χ3n) is 3.90. The van der Waals surface area contributed by atoms with E-state index in [2.05, 4.69) is 10.6 Å². The standard InChI is InChI=1S/C20H19FN2O4S/c21-15-6-2-4-8-17(15)28-12-19(25)27-11-18(24)23-16-7-3-1-5-14(16)20(26)22-13-9-10-13/h1-8,13H,9-12H2,(H,22,26)(H,23,24). The van der Waals surface area contributed by atoms with Gasteiger partial charge in [-0.15, -0.1) is 11.8 Å². The van der Waals surface area contributed by atoms with Crippen molar-refractivity contribution < 1.29 is 23.5 Å². The summed E-state index contributed by atoms with van der Waals surface area (Å²) in [5.41, 5.74) is 0.701. The summed E-state index contributed by atoms with van der Waals surface area (Å²) < 4.78 is 18.4. The van der Waals surface area contributed by atoms with Gasteiger partial charge in [0.05, 0.1) is 17.0 Å². The quantitative estimate of drug-likeness (QED) is 0.524. The Morgan fingerprint density at radius 1 is 1.07 bits per heavy atom. The number of hydrogen-bond donors (Lipinski definition) is 2. The van der Waals surface area contributed by atoms with Crippen LogP contribution in [0.4, 0.5) is 10.1 Å². The van der Waals surface area contributed by atoms with Crippen molar-refractivity contribution in [2.45, 2.75) is 23.8 Å². The van der Waals surface area contributed by atoms with Gasteiger partial charge < -0.3 is 15.4 Å². The summed E-state index contributed by atoms with van der Waals surface area (Å²) in [4.78, 5) is 36.4. The predicted octanol–water partition coefficient (Wildman–Crippen LogP) is 2.99. The summed E-state index contributed by atoms with van der Waals surface area (Å²) in [6.07, 6.45) is 1.92. The van der Waals surface area contributed by atoms with Gasteiger partial charge in [0.1, 0.15) is 5.82 Å². The number of para-hydroxylation sites is 1. The van der Waals surface area contributed by atoms with E-state index in [-0.39, 0.29) is 17.7 Å². The summed E-state index contributed by atoms with van der Waals surface area (Å²) in [5.74, 6) is -1.98. The lowest BCUT2D eigenvalue weighted by Crippen LogP contribution is -2.28. The van der Waals surface area contributed by atoms with Crippen LogP contribution in [0.3, 0.4) is 0 Å². The summed E-state index contributed by atoms with van der Waals surface area (Å²) in [5, 5.41) is 5.44. The van der Waals surface area contributed by atoms with Crippen LogP contribution in [0.5, 0.6) is 0 Å². The lowest BCUT2D eigenvalue weighted by molar-refractivity contribution is -0.144. The molecule has 1 aliphatic rings. The van der Waals surface area contributed by atoms with Crippen molar-refractivity contribution in [2.24, 2.45) is 0 Å². The van der Waals surface area contributed by atoms with Gasteiger partial charge in [-0.25, -0.2) is 4.39 Å². The van der Waals surface area contributed by atoms with Gasteiger partial charge in [-0.3, -0.25) is 14.4 Å². The molecule has 2 amide bonds. The van der Waals surface area contributed by atoms with Crippen LogP contribution in [0.2, 0.25) is 0 Å². The number of benzene rings is 2. The van der Waals surface area contributed by atoms with E-state index < -0.39 is 24.3 Å². The van der Waals surface area contributed by atoms with E-state index >= 15 is 0 Å². The van der Waals surface area contributed by atoms with E-state index in [9.17, 15) is 18.8 Å². The number of ether oxygens (including phenoxy) is 1. The number of esters is 1. The molecule has 2 aromatic carbocycles. The fraction of sp³-hybridized carbons (Fsp3) is 0.250. The van der Waals surface area contributed by atoms with E-state index in [0.29, 0.717) is 16.1 Å². The number of halogens is 1. The number of thioether (sulfide) groups is 1. The zero-order chi connectivity index (χ0) is 19.9. The summed E-state index contributed by atoms with van der Waals surface area (Å²) >= 11 is 0.995. The number of carbonyl (C=O) groups excluding carboxylic acids is 3. The smallest absolute Gasteiger partial charge is 0.316 e. The van der Waals surface area contributed by atoms with E-state index in [1.807, 2.05) is 0 Å². The van der Waals surface area contributed by atoms with Gasteiger partial charge in [-0.2, -0.15) is 0 Å². The first kappa shape index (κ1) is 19.9. The Balaban J connectivity index is 1.47. The average molecular weight is 402 g/mol. The maximum absolute atomic E-state index is 13.5. The monoisotopic (exact) mass is 402 g/mol. The third kappa shape index (κ3) is 5.82. The van der Waals surface area contributed by atoms with Crippen molar-refractivity contribution in [3.05, 3.63) is 59.9 Å². The highest BCUT2D eigenvalue weighted by Gasteiger charge is 2.25. The van der Waals surface area contributed by atoms with E-state index in [1.165, 1.54) is 6.07 Å². The molecule has 0 unspecified atom stereocenters. The molecule has 8 heteroatoms. The molecule has 146 valence electrons. The van der Waals surface area contributed by atoms with Gasteiger partial charge in [0.25, 0.3) is 11.8 Å². The van der Waals surface area contributed by atoms with E-state index in [0.717, 1.165) is 24.6 Å². The third-order valence-corrected chi connectivity index (χ3v) is 4.93. The van der Waals surface area contributed by atoms with Crippen LogP contribution in [-0.2, 0) is 14.3 Å². The normalized spacial score (nSPS) is 12.9. The molecule has 0 aromatic heterocycles. The molecule has 1 fully saturated rings. The maximum Gasteiger partial charge on any atom is 0.316 e. The Labute approximate surface area is 165 Å². The van der Waals surface area contributed by atoms with Gasteiger partial charge in [0, 0.05) is 10.9 Å². The molecule has 1 aliphatic carbocycles. The highest BCUT2D eigenvalue weighted by atomic mass is 32.2. The second-order valence-electron chi connectivity index (χ2n) is 6.22. The van der Waals surface area contributed by atoms with Crippen molar-refractivity contribution in [3.8, 4) is 0 Å². The Kier molecular flexibility index (Phi) is 6.65. The molecule has 0 spiro atoms. The van der Waals surface area contributed by atoms with Crippen LogP contribution < -0.4 is 10.6 Å². The van der Waals surface area contributed by atoms with Gasteiger partial charge >= 0.3 is 5.97 Å². The van der Waals surface area contributed by atoms with Crippen molar-refractivity contribution in [1.29, 1.82) is 0 Å². The number of rotatable bonds is 8. The lowest BCUT2D eigenvalue weighted by Gasteiger charge is -2.11. The molecule has 0 saturated heterocycles. The number of carbonyl (C=O) groups is 3. The van der Waals surface area contributed by atoms with Crippen LogP contribution in [0.15, 0.2) is 53.4 Å². The minimum absolute atomic E-state index is 0.116. The number of hydrogen-bond acceptors (Lipinski definition) is 5. The number of nitrogens with one attached hydrogen (secondary N) is 2. The summed E-state index contributed by atoms with van der Waals surface area (Å²) in [6.45, 7) is -0.491. The Morgan fingerprint density at radius 2 is 1.79 bits per heavy atom. The van der Waals surface area contributed by atoms with Gasteiger partial charge in [-0.05, 0) is 37.1 Å². The molecule has 28 heavy (non-hydrogen) atoms. The Morgan fingerprint density at radius 3 is 2.54 bits per heavy atom. The molecule has 0 atom stereocenters. The molecule has 3 rings (SSSR count). The molecule has 6 nitrogen and oxygen atoms in total. The lowest BCUT2D eigenvalue weighted by atomic mass is 10.1. The molecule has 2 aromatic rings. The zero-order valence-electron chi connectivity index (χ0n) is 14.9. The van der Waals surface area contributed by atoms with Crippen LogP contribution in [0.25, 0.3) is 0 Å².